The van der Waals surface area contributed by atoms with Gasteiger partial charge in [-0.2, -0.15) is 0 Å². The van der Waals surface area contributed by atoms with Gasteiger partial charge in [-0.15, -0.1) is 0 Å². The van der Waals surface area contributed by atoms with Gasteiger partial charge in [-0.1, -0.05) is 12.1 Å². The Balaban J connectivity index is 2.66. The summed E-state index contributed by atoms with van der Waals surface area (Å²) in [6.45, 7) is 2.55. The van der Waals surface area contributed by atoms with Crippen molar-refractivity contribution in [3.8, 4) is 5.75 Å². The van der Waals surface area contributed by atoms with Crippen LogP contribution < -0.4 is 16.2 Å². The molecule has 4 heteroatoms. The zero-order chi connectivity index (χ0) is 11.3. The molecule has 1 aromatic rings. The van der Waals surface area contributed by atoms with E-state index in [0.29, 0.717) is 6.61 Å². The average Bonchev–Trinajstić information content (AvgIpc) is 2.18. The lowest BCUT2D eigenvalue weighted by Crippen LogP contribution is -2.20. The van der Waals surface area contributed by atoms with Gasteiger partial charge in [-0.3, -0.25) is 4.79 Å². The lowest BCUT2D eigenvalue weighted by atomic mass is 10.0. The standard InChI is InChI=1S/C11H16N2O2/c1-2-15-9-5-3-8(4-6-9)10(12)7-11(13)14/h3-6,10H,2,7,12H2,1H3,(H2,13,14)/t10-/m1/s1. The summed E-state index contributed by atoms with van der Waals surface area (Å²) in [5.74, 6) is 0.406. The summed E-state index contributed by atoms with van der Waals surface area (Å²) < 4.78 is 5.29. The highest BCUT2D eigenvalue weighted by Gasteiger charge is 2.08. The van der Waals surface area contributed by atoms with Gasteiger partial charge in [0, 0.05) is 12.5 Å². The second-order valence-corrected chi connectivity index (χ2v) is 3.28. The van der Waals surface area contributed by atoms with Crippen molar-refractivity contribution >= 4 is 5.91 Å². The molecule has 0 saturated carbocycles. The Labute approximate surface area is 89.2 Å². The molecule has 0 heterocycles. The van der Waals surface area contributed by atoms with E-state index in [-0.39, 0.29) is 12.5 Å². The SMILES string of the molecule is CCOc1ccc([C@H](N)CC(N)=O)cc1. The predicted octanol–water partition coefficient (Wildman–Crippen LogP) is 0.960. The summed E-state index contributed by atoms with van der Waals surface area (Å²) in [4.78, 5) is 10.7. The Hall–Kier alpha value is -1.55. The van der Waals surface area contributed by atoms with Crippen molar-refractivity contribution in [2.45, 2.75) is 19.4 Å². The first-order chi connectivity index (χ1) is 7.13. The topological polar surface area (TPSA) is 78.3 Å². The highest BCUT2D eigenvalue weighted by molar-refractivity contribution is 5.74. The fourth-order valence-corrected chi connectivity index (χ4v) is 1.31. The molecule has 4 N–H and O–H groups in total. The van der Waals surface area contributed by atoms with Gasteiger partial charge in [-0.25, -0.2) is 0 Å². The Morgan fingerprint density at radius 1 is 1.40 bits per heavy atom. The molecular formula is C11H16N2O2. The van der Waals surface area contributed by atoms with E-state index in [0.717, 1.165) is 11.3 Å². The Morgan fingerprint density at radius 3 is 2.47 bits per heavy atom. The van der Waals surface area contributed by atoms with Crippen molar-refractivity contribution in [1.29, 1.82) is 0 Å². The van der Waals surface area contributed by atoms with Gasteiger partial charge in [0.2, 0.25) is 5.91 Å². The van der Waals surface area contributed by atoms with Crippen LogP contribution in [0.2, 0.25) is 0 Å². The van der Waals surface area contributed by atoms with Gasteiger partial charge in [0.05, 0.1) is 6.61 Å². The molecule has 0 aromatic heterocycles. The van der Waals surface area contributed by atoms with Gasteiger partial charge in [0.25, 0.3) is 0 Å². The molecule has 0 unspecified atom stereocenters. The van der Waals surface area contributed by atoms with Crippen molar-refractivity contribution in [2.24, 2.45) is 11.5 Å². The first-order valence-electron chi connectivity index (χ1n) is 4.90. The van der Waals surface area contributed by atoms with Crippen LogP contribution in [0.1, 0.15) is 24.9 Å². The van der Waals surface area contributed by atoms with Crippen LogP contribution in [0.3, 0.4) is 0 Å². The number of benzene rings is 1. The summed E-state index contributed by atoms with van der Waals surface area (Å²) in [7, 11) is 0. The molecule has 0 bridgehead atoms. The molecule has 0 aliphatic carbocycles. The van der Waals surface area contributed by atoms with Crippen LogP contribution in [0.4, 0.5) is 0 Å². The van der Waals surface area contributed by atoms with E-state index >= 15 is 0 Å². The van der Waals surface area contributed by atoms with E-state index in [2.05, 4.69) is 0 Å². The van der Waals surface area contributed by atoms with Crippen molar-refractivity contribution in [3.05, 3.63) is 29.8 Å². The number of nitrogens with two attached hydrogens (primary N) is 2. The maximum atomic E-state index is 10.7. The highest BCUT2D eigenvalue weighted by atomic mass is 16.5. The highest BCUT2D eigenvalue weighted by Crippen LogP contribution is 2.18. The largest absolute Gasteiger partial charge is 0.494 e. The number of amides is 1. The minimum atomic E-state index is -0.392. The molecule has 0 aliphatic heterocycles. The van der Waals surface area contributed by atoms with Crippen molar-refractivity contribution in [2.75, 3.05) is 6.61 Å². The second-order valence-electron chi connectivity index (χ2n) is 3.28. The van der Waals surface area contributed by atoms with Gasteiger partial charge < -0.3 is 16.2 Å². The van der Waals surface area contributed by atoms with Crippen molar-refractivity contribution in [3.63, 3.8) is 0 Å². The van der Waals surface area contributed by atoms with Crippen LogP contribution in [-0.2, 0) is 4.79 Å². The van der Waals surface area contributed by atoms with E-state index < -0.39 is 5.91 Å². The van der Waals surface area contributed by atoms with Gasteiger partial charge in [-0.05, 0) is 24.6 Å². The molecule has 4 nitrogen and oxygen atoms in total. The van der Waals surface area contributed by atoms with Crippen molar-refractivity contribution < 1.29 is 9.53 Å². The maximum Gasteiger partial charge on any atom is 0.219 e. The normalized spacial score (nSPS) is 12.1. The Kier molecular flexibility index (Phi) is 4.12. The molecule has 0 aliphatic rings. The number of rotatable bonds is 5. The third-order valence-electron chi connectivity index (χ3n) is 2.04. The number of carbonyl (C=O) groups is 1. The van der Waals surface area contributed by atoms with Gasteiger partial charge in [0.15, 0.2) is 0 Å². The van der Waals surface area contributed by atoms with Crippen molar-refractivity contribution in [1.82, 2.24) is 0 Å². The summed E-state index contributed by atoms with van der Waals surface area (Å²) in [5, 5.41) is 0. The minimum absolute atomic E-state index is 0.161. The molecule has 0 radical (unpaired) electrons. The number of hydrogen-bond donors (Lipinski definition) is 2. The summed E-state index contributed by atoms with van der Waals surface area (Å²) >= 11 is 0. The smallest absolute Gasteiger partial charge is 0.219 e. The number of carbonyl (C=O) groups excluding carboxylic acids is 1. The van der Waals surface area contributed by atoms with Crippen LogP contribution >= 0.6 is 0 Å². The molecule has 1 atom stereocenters. The van der Waals surface area contributed by atoms with Crippen LogP contribution in [-0.4, -0.2) is 12.5 Å². The van der Waals surface area contributed by atoms with E-state index in [1.807, 2.05) is 31.2 Å². The molecule has 1 rings (SSSR count). The minimum Gasteiger partial charge on any atom is -0.494 e. The third-order valence-corrected chi connectivity index (χ3v) is 2.04. The Bertz CT molecular complexity index is 322. The number of primary amides is 1. The monoisotopic (exact) mass is 208 g/mol. The fourth-order valence-electron chi connectivity index (χ4n) is 1.31. The first kappa shape index (κ1) is 11.5. The fraction of sp³-hybridized carbons (Fsp3) is 0.364. The van der Waals surface area contributed by atoms with Crippen LogP contribution in [0.5, 0.6) is 5.75 Å². The lowest BCUT2D eigenvalue weighted by molar-refractivity contribution is -0.118. The Morgan fingerprint density at radius 2 is 2.00 bits per heavy atom. The summed E-state index contributed by atoms with van der Waals surface area (Å²) in [5.41, 5.74) is 11.7. The molecular weight excluding hydrogens is 192 g/mol. The van der Waals surface area contributed by atoms with E-state index in [9.17, 15) is 4.79 Å². The van der Waals surface area contributed by atoms with Gasteiger partial charge >= 0.3 is 0 Å². The van der Waals surface area contributed by atoms with Crippen LogP contribution in [0, 0.1) is 0 Å². The molecule has 0 fully saturated rings. The van der Waals surface area contributed by atoms with Crippen LogP contribution in [0.15, 0.2) is 24.3 Å². The first-order valence-corrected chi connectivity index (χ1v) is 4.90. The summed E-state index contributed by atoms with van der Waals surface area (Å²) in [6, 6.07) is 7.02. The maximum absolute atomic E-state index is 10.7. The molecule has 15 heavy (non-hydrogen) atoms. The second kappa shape index (κ2) is 5.36. The summed E-state index contributed by atoms with van der Waals surface area (Å²) in [6.07, 6.45) is 0.161. The van der Waals surface area contributed by atoms with Crippen LogP contribution in [0.25, 0.3) is 0 Å². The lowest BCUT2D eigenvalue weighted by Gasteiger charge is -2.10. The third kappa shape index (κ3) is 3.59. The zero-order valence-electron chi connectivity index (χ0n) is 8.77. The average molecular weight is 208 g/mol. The molecule has 1 aromatic carbocycles. The van der Waals surface area contributed by atoms with E-state index in [1.54, 1.807) is 0 Å². The van der Waals surface area contributed by atoms with Gasteiger partial charge in [0.1, 0.15) is 5.75 Å². The quantitative estimate of drug-likeness (QED) is 0.756. The number of ether oxygens (including phenoxy) is 1. The van der Waals surface area contributed by atoms with E-state index in [4.69, 9.17) is 16.2 Å². The molecule has 82 valence electrons. The van der Waals surface area contributed by atoms with E-state index in [1.165, 1.54) is 0 Å². The molecule has 1 amide bonds. The predicted molar refractivity (Wildman–Crippen MR) is 58.4 cm³/mol. The zero-order valence-corrected chi connectivity index (χ0v) is 8.77. The number of hydrogen-bond acceptors (Lipinski definition) is 3. The molecule has 0 spiro atoms. The molecule has 0 saturated heterocycles.